The van der Waals surface area contributed by atoms with Gasteiger partial charge >= 0.3 is 0 Å². The van der Waals surface area contributed by atoms with E-state index >= 15 is 0 Å². The van der Waals surface area contributed by atoms with Crippen molar-refractivity contribution in [2.24, 2.45) is 0 Å². The van der Waals surface area contributed by atoms with Crippen LogP contribution in [0, 0.1) is 0 Å². The van der Waals surface area contributed by atoms with Crippen LogP contribution in [-0.2, 0) is 11.2 Å². The van der Waals surface area contributed by atoms with Gasteiger partial charge in [0.15, 0.2) is 5.78 Å². The summed E-state index contributed by atoms with van der Waals surface area (Å²) in [5, 5.41) is 13.2. The van der Waals surface area contributed by atoms with Crippen LogP contribution in [-0.4, -0.2) is 22.0 Å². The van der Waals surface area contributed by atoms with E-state index in [1.165, 1.54) is 19.3 Å². The zero-order chi connectivity index (χ0) is 18.1. The minimum Gasteiger partial charge on any atom is -0.392 e. The summed E-state index contributed by atoms with van der Waals surface area (Å²) < 4.78 is 0. The van der Waals surface area contributed by atoms with Crippen molar-refractivity contribution in [3.8, 4) is 0 Å². The van der Waals surface area contributed by atoms with Crippen LogP contribution in [0.5, 0.6) is 0 Å². The third kappa shape index (κ3) is 6.05. The molecule has 0 saturated heterocycles. The molecule has 0 amide bonds. The van der Waals surface area contributed by atoms with Crippen LogP contribution in [0.1, 0.15) is 69.0 Å². The van der Waals surface area contributed by atoms with Gasteiger partial charge in [0.1, 0.15) is 5.01 Å². The second-order valence-corrected chi connectivity index (χ2v) is 7.39. The molecule has 0 bridgehead atoms. The predicted molar refractivity (Wildman–Crippen MR) is 105 cm³/mol. The normalized spacial score (nSPS) is 20.2. The molecule has 1 aliphatic rings. The molecule has 136 valence electrons. The number of aliphatic hydroxyl groups excluding tert-OH is 1. The van der Waals surface area contributed by atoms with Gasteiger partial charge in [-0.25, -0.2) is 4.98 Å². The SMILES string of the molecule is CC/C=C\C[C@H](O)C/C=C1/C(=O)C=C[C@@H]1c1nc(CCCCC)cs1. The molecule has 1 aromatic rings. The van der Waals surface area contributed by atoms with Crippen molar-refractivity contribution in [3.05, 3.63) is 52.0 Å². The Hall–Kier alpha value is -1.52. The van der Waals surface area contributed by atoms with Gasteiger partial charge in [0, 0.05) is 11.0 Å². The Labute approximate surface area is 155 Å². The standard InChI is InChI=1S/C21H29NO2S/c1-3-5-7-9-16-15-25-21(22-16)19-13-14-20(24)18(19)12-11-17(23)10-8-6-4-2/h6,8,12-15,17,19,23H,3-5,7,9-11H2,1-2H3/b8-6-,18-12+/t17-,19-/m0/s1. The number of rotatable bonds is 10. The first-order valence-corrected chi connectivity index (χ1v) is 10.2. The number of nitrogens with zero attached hydrogens (tertiary/aromatic N) is 1. The second kappa shape index (κ2) is 10.5. The Morgan fingerprint density at radius 2 is 2.12 bits per heavy atom. The van der Waals surface area contributed by atoms with E-state index in [9.17, 15) is 9.90 Å². The van der Waals surface area contributed by atoms with Crippen molar-refractivity contribution >= 4 is 17.1 Å². The van der Waals surface area contributed by atoms with Crippen LogP contribution in [0.25, 0.3) is 0 Å². The van der Waals surface area contributed by atoms with Crippen LogP contribution in [0.15, 0.2) is 41.3 Å². The number of carbonyl (C=O) groups is 1. The zero-order valence-corrected chi connectivity index (χ0v) is 16.1. The zero-order valence-electron chi connectivity index (χ0n) is 15.3. The molecule has 1 heterocycles. The molecule has 4 heteroatoms. The van der Waals surface area contributed by atoms with E-state index in [4.69, 9.17) is 4.98 Å². The van der Waals surface area contributed by atoms with E-state index in [-0.39, 0.29) is 11.7 Å². The molecule has 0 radical (unpaired) electrons. The van der Waals surface area contributed by atoms with E-state index in [0.717, 1.165) is 29.1 Å². The number of thiazole rings is 1. The first-order valence-electron chi connectivity index (χ1n) is 9.35. The number of unbranched alkanes of at least 4 members (excludes halogenated alkanes) is 2. The molecular weight excluding hydrogens is 330 g/mol. The van der Waals surface area contributed by atoms with E-state index in [1.54, 1.807) is 17.4 Å². The van der Waals surface area contributed by atoms with Crippen molar-refractivity contribution in [1.29, 1.82) is 0 Å². The molecule has 2 atom stereocenters. The molecule has 0 saturated carbocycles. The Morgan fingerprint density at radius 1 is 1.28 bits per heavy atom. The average molecular weight is 360 g/mol. The molecule has 25 heavy (non-hydrogen) atoms. The maximum atomic E-state index is 12.2. The van der Waals surface area contributed by atoms with E-state index in [2.05, 4.69) is 25.3 Å². The van der Waals surface area contributed by atoms with Crippen LogP contribution >= 0.6 is 11.3 Å². The first-order chi connectivity index (χ1) is 12.2. The summed E-state index contributed by atoms with van der Waals surface area (Å²) in [7, 11) is 0. The maximum absolute atomic E-state index is 12.2. The van der Waals surface area contributed by atoms with Gasteiger partial charge in [0.05, 0.1) is 17.7 Å². The number of ketones is 1. The summed E-state index contributed by atoms with van der Waals surface area (Å²) in [4.78, 5) is 16.9. The summed E-state index contributed by atoms with van der Waals surface area (Å²) in [6, 6.07) is 0. The van der Waals surface area contributed by atoms with Crippen LogP contribution in [0.2, 0.25) is 0 Å². The van der Waals surface area contributed by atoms with Gasteiger partial charge in [-0.1, -0.05) is 51.0 Å². The number of carbonyl (C=O) groups excluding carboxylic acids is 1. The minimum absolute atomic E-state index is 0.0454. The molecule has 1 aromatic heterocycles. The highest BCUT2D eigenvalue weighted by Crippen LogP contribution is 2.34. The monoisotopic (exact) mass is 359 g/mol. The summed E-state index contributed by atoms with van der Waals surface area (Å²) in [6.45, 7) is 4.27. The van der Waals surface area contributed by atoms with Gasteiger partial charge in [-0.3, -0.25) is 4.79 Å². The highest BCUT2D eigenvalue weighted by molar-refractivity contribution is 7.09. The Morgan fingerprint density at radius 3 is 2.88 bits per heavy atom. The molecule has 1 N–H and O–H groups in total. The number of aliphatic hydroxyl groups is 1. The fourth-order valence-electron chi connectivity index (χ4n) is 2.90. The Bertz CT molecular complexity index is 642. The summed E-state index contributed by atoms with van der Waals surface area (Å²) in [6.07, 6.45) is 15.8. The fourth-order valence-corrected chi connectivity index (χ4v) is 3.84. The van der Waals surface area contributed by atoms with Gasteiger partial charge in [-0.05, 0) is 38.2 Å². The predicted octanol–water partition coefficient (Wildman–Crippen LogP) is 5.13. The molecule has 0 aromatic carbocycles. The number of aromatic nitrogens is 1. The molecule has 2 rings (SSSR count). The summed E-state index contributed by atoms with van der Waals surface area (Å²) >= 11 is 1.63. The van der Waals surface area contributed by atoms with Crippen molar-refractivity contribution in [1.82, 2.24) is 4.98 Å². The number of hydrogen-bond acceptors (Lipinski definition) is 4. The number of hydrogen-bond donors (Lipinski definition) is 1. The first kappa shape index (κ1) is 19.8. The lowest BCUT2D eigenvalue weighted by Gasteiger charge is -2.09. The Balaban J connectivity index is 1.99. The molecule has 0 aliphatic heterocycles. The van der Waals surface area contributed by atoms with Gasteiger partial charge in [0.25, 0.3) is 0 Å². The van der Waals surface area contributed by atoms with Crippen molar-refractivity contribution in [2.45, 2.75) is 70.8 Å². The smallest absolute Gasteiger partial charge is 0.182 e. The molecule has 3 nitrogen and oxygen atoms in total. The molecule has 1 aliphatic carbocycles. The highest BCUT2D eigenvalue weighted by atomic mass is 32.1. The molecular formula is C21H29NO2S. The lowest BCUT2D eigenvalue weighted by molar-refractivity contribution is -0.111. The lowest BCUT2D eigenvalue weighted by atomic mass is 10.00. The maximum Gasteiger partial charge on any atom is 0.182 e. The van der Waals surface area contributed by atoms with E-state index in [0.29, 0.717) is 12.8 Å². The molecule has 0 fully saturated rings. The largest absolute Gasteiger partial charge is 0.392 e. The fraction of sp³-hybridized carbons (Fsp3) is 0.524. The summed E-state index contributed by atoms with van der Waals surface area (Å²) in [5.41, 5.74) is 1.89. The average Bonchev–Trinajstić information content (AvgIpc) is 3.20. The summed E-state index contributed by atoms with van der Waals surface area (Å²) in [5.74, 6) is -0.000146. The lowest BCUT2D eigenvalue weighted by Crippen LogP contribution is -2.07. The third-order valence-electron chi connectivity index (χ3n) is 4.35. The van der Waals surface area contributed by atoms with Crippen molar-refractivity contribution < 1.29 is 9.90 Å². The quantitative estimate of drug-likeness (QED) is 0.358. The van der Waals surface area contributed by atoms with Crippen LogP contribution in [0.4, 0.5) is 0 Å². The number of allylic oxidation sites excluding steroid dienone is 4. The van der Waals surface area contributed by atoms with Gasteiger partial charge in [-0.15, -0.1) is 11.3 Å². The molecule has 0 spiro atoms. The third-order valence-corrected chi connectivity index (χ3v) is 5.33. The van der Waals surface area contributed by atoms with Gasteiger partial charge in [-0.2, -0.15) is 0 Å². The van der Waals surface area contributed by atoms with Gasteiger partial charge in [0.2, 0.25) is 0 Å². The van der Waals surface area contributed by atoms with Crippen LogP contribution in [0.3, 0.4) is 0 Å². The topological polar surface area (TPSA) is 50.2 Å². The number of aryl methyl sites for hydroxylation is 1. The van der Waals surface area contributed by atoms with Gasteiger partial charge < -0.3 is 5.11 Å². The Kier molecular flexibility index (Phi) is 8.29. The van der Waals surface area contributed by atoms with E-state index < -0.39 is 6.10 Å². The van der Waals surface area contributed by atoms with Crippen molar-refractivity contribution in [2.75, 3.05) is 0 Å². The van der Waals surface area contributed by atoms with E-state index in [1.807, 2.05) is 18.2 Å². The van der Waals surface area contributed by atoms with Crippen molar-refractivity contribution in [3.63, 3.8) is 0 Å². The molecule has 0 unspecified atom stereocenters. The highest BCUT2D eigenvalue weighted by Gasteiger charge is 2.26. The second-order valence-electron chi connectivity index (χ2n) is 6.50. The van der Waals surface area contributed by atoms with Crippen LogP contribution < -0.4 is 0 Å². The minimum atomic E-state index is -0.440.